The fourth-order valence-corrected chi connectivity index (χ4v) is 4.78. The lowest BCUT2D eigenvalue weighted by atomic mass is 9.91. The smallest absolute Gasteiger partial charge is 0.259 e. The zero-order chi connectivity index (χ0) is 23.7. The lowest BCUT2D eigenvalue weighted by molar-refractivity contribution is 0.281. The minimum atomic E-state index is -3.64. The highest BCUT2D eigenvalue weighted by molar-refractivity contribution is 7.89. The van der Waals surface area contributed by atoms with E-state index in [1.807, 2.05) is 18.2 Å². The van der Waals surface area contributed by atoms with Crippen LogP contribution in [0.25, 0.3) is 0 Å². The van der Waals surface area contributed by atoms with E-state index in [-0.39, 0.29) is 18.2 Å². The van der Waals surface area contributed by atoms with Gasteiger partial charge in [0.05, 0.1) is 6.33 Å². The standard InChI is InChI=1S/C25H34N4O3S/c1-4-29(5-2)18-23(16-21-10-7-6-8-11-21)22-12-9-13-24(17-22)32-15-14-27-33(30,31)25-19-28(3)20-26-25/h6-13,17,19-20,23,27H,4-5,14-16,18H2,1-3H3. The normalized spacial score (nSPS) is 12.7. The van der Waals surface area contributed by atoms with Crippen LogP contribution in [-0.4, -0.2) is 55.7 Å². The Morgan fingerprint density at radius 1 is 1.09 bits per heavy atom. The lowest BCUT2D eigenvalue weighted by Crippen LogP contribution is -2.29. The van der Waals surface area contributed by atoms with Crippen LogP contribution in [0.4, 0.5) is 0 Å². The van der Waals surface area contributed by atoms with E-state index in [1.54, 1.807) is 11.6 Å². The van der Waals surface area contributed by atoms with Crippen molar-refractivity contribution < 1.29 is 13.2 Å². The molecule has 33 heavy (non-hydrogen) atoms. The fraction of sp³-hybridized carbons (Fsp3) is 0.400. The van der Waals surface area contributed by atoms with Crippen LogP contribution in [-0.2, 0) is 23.5 Å². The molecule has 1 atom stereocenters. The van der Waals surface area contributed by atoms with Crippen molar-refractivity contribution in [2.75, 3.05) is 32.8 Å². The van der Waals surface area contributed by atoms with Crippen molar-refractivity contribution in [1.82, 2.24) is 19.2 Å². The van der Waals surface area contributed by atoms with Gasteiger partial charge in [0.2, 0.25) is 0 Å². The highest BCUT2D eigenvalue weighted by atomic mass is 32.2. The Balaban J connectivity index is 1.63. The Kier molecular flexibility index (Phi) is 9.05. The van der Waals surface area contributed by atoms with Gasteiger partial charge < -0.3 is 14.2 Å². The SMILES string of the molecule is CCN(CC)CC(Cc1ccccc1)c1cccc(OCCNS(=O)(=O)c2cn(C)cn2)c1. The van der Waals surface area contributed by atoms with Crippen molar-refractivity contribution in [3.05, 3.63) is 78.2 Å². The average molecular weight is 471 g/mol. The molecular formula is C25H34N4O3S. The topological polar surface area (TPSA) is 76.5 Å². The molecule has 0 aliphatic carbocycles. The summed E-state index contributed by atoms with van der Waals surface area (Å²) in [6, 6.07) is 18.7. The zero-order valence-corrected chi connectivity index (χ0v) is 20.5. The van der Waals surface area contributed by atoms with Crippen LogP contribution in [0.15, 0.2) is 72.1 Å². The van der Waals surface area contributed by atoms with E-state index >= 15 is 0 Å². The number of sulfonamides is 1. The first-order chi connectivity index (χ1) is 15.9. The molecule has 1 aromatic heterocycles. The van der Waals surface area contributed by atoms with Gasteiger partial charge in [-0.15, -0.1) is 0 Å². The maximum atomic E-state index is 12.3. The van der Waals surface area contributed by atoms with Crippen molar-refractivity contribution in [3.63, 3.8) is 0 Å². The van der Waals surface area contributed by atoms with Crippen LogP contribution in [0, 0.1) is 0 Å². The third kappa shape index (κ3) is 7.42. The lowest BCUT2D eigenvalue weighted by Gasteiger charge is -2.26. The number of hydrogen-bond acceptors (Lipinski definition) is 5. The maximum absolute atomic E-state index is 12.3. The molecule has 8 heteroatoms. The molecule has 1 heterocycles. The fourth-order valence-electron chi connectivity index (χ4n) is 3.78. The minimum absolute atomic E-state index is 0.00662. The van der Waals surface area contributed by atoms with E-state index in [4.69, 9.17) is 4.74 Å². The maximum Gasteiger partial charge on any atom is 0.259 e. The molecule has 0 radical (unpaired) electrons. The third-order valence-electron chi connectivity index (χ3n) is 5.65. The number of rotatable bonds is 13. The summed E-state index contributed by atoms with van der Waals surface area (Å²) < 4.78 is 34.6. The van der Waals surface area contributed by atoms with Crippen LogP contribution in [0.3, 0.4) is 0 Å². The molecule has 0 saturated heterocycles. The molecule has 178 valence electrons. The second-order valence-electron chi connectivity index (χ2n) is 8.07. The molecule has 3 aromatic rings. The van der Waals surface area contributed by atoms with E-state index in [0.29, 0.717) is 5.92 Å². The van der Waals surface area contributed by atoms with Crippen LogP contribution in [0.1, 0.15) is 30.9 Å². The molecule has 0 saturated carbocycles. The molecule has 1 N–H and O–H groups in total. The van der Waals surface area contributed by atoms with E-state index in [9.17, 15) is 8.42 Å². The Morgan fingerprint density at radius 2 is 1.85 bits per heavy atom. The summed E-state index contributed by atoms with van der Waals surface area (Å²) in [6.07, 6.45) is 3.88. The Morgan fingerprint density at radius 3 is 2.52 bits per heavy atom. The predicted molar refractivity (Wildman–Crippen MR) is 131 cm³/mol. The second kappa shape index (κ2) is 12.0. The molecule has 2 aromatic carbocycles. The van der Waals surface area contributed by atoms with Gasteiger partial charge in [0.1, 0.15) is 12.4 Å². The molecule has 0 aliphatic rings. The molecule has 7 nitrogen and oxygen atoms in total. The summed E-state index contributed by atoms with van der Waals surface area (Å²) in [5.74, 6) is 1.07. The van der Waals surface area contributed by atoms with E-state index in [0.717, 1.165) is 31.8 Å². The number of aryl methyl sites for hydroxylation is 1. The summed E-state index contributed by atoms with van der Waals surface area (Å²) in [7, 11) is -1.91. The summed E-state index contributed by atoms with van der Waals surface area (Å²) in [5, 5.41) is 0.00662. The van der Waals surface area contributed by atoms with Gasteiger partial charge >= 0.3 is 0 Å². The van der Waals surface area contributed by atoms with Gasteiger partial charge in [-0.25, -0.2) is 18.1 Å². The molecule has 0 spiro atoms. The largest absolute Gasteiger partial charge is 0.492 e. The molecule has 0 bridgehead atoms. The highest BCUT2D eigenvalue weighted by Gasteiger charge is 2.18. The number of benzene rings is 2. The summed E-state index contributed by atoms with van der Waals surface area (Å²) >= 11 is 0. The van der Waals surface area contributed by atoms with Gasteiger partial charge in [-0.05, 0) is 42.8 Å². The van der Waals surface area contributed by atoms with E-state index in [1.165, 1.54) is 23.7 Å². The minimum Gasteiger partial charge on any atom is -0.492 e. The monoisotopic (exact) mass is 470 g/mol. The first-order valence-corrected chi connectivity index (χ1v) is 12.9. The van der Waals surface area contributed by atoms with Crippen molar-refractivity contribution in [2.45, 2.75) is 31.2 Å². The van der Waals surface area contributed by atoms with Crippen LogP contribution in [0.5, 0.6) is 5.75 Å². The number of likely N-dealkylation sites (N-methyl/N-ethyl adjacent to an activating group) is 1. The van der Waals surface area contributed by atoms with Crippen molar-refractivity contribution in [3.8, 4) is 5.75 Å². The summed E-state index contributed by atoms with van der Waals surface area (Å²) in [6.45, 7) is 7.76. The predicted octanol–water partition coefficient (Wildman–Crippen LogP) is 3.45. The number of imidazole rings is 1. The third-order valence-corrected chi connectivity index (χ3v) is 6.99. The van der Waals surface area contributed by atoms with Gasteiger partial charge in [-0.3, -0.25) is 0 Å². The Labute approximate surface area is 197 Å². The Bertz CT molecular complexity index is 1100. The molecular weight excluding hydrogens is 436 g/mol. The van der Waals surface area contributed by atoms with Crippen LogP contribution in [0.2, 0.25) is 0 Å². The van der Waals surface area contributed by atoms with Crippen LogP contribution < -0.4 is 9.46 Å². The van der Waals surface area contributed by atoms with Gasteiger partial charge in [0, 0.05) is 32.3 Å². The number of nitrogens with zero attached hydrogens (tertiary/aromatic N) is 3. The molecule has 0 amide bonds. The van der Waals surface area contributed by atoms with Crippen molar-refractivity contribution in [1.29, 1.82) is 0 Å². The zero-order valence-electron chi connectivity index (χ0n) is 19.6. The second-order valence-corrected chi connectivity index (χ2v) is 9.78. The molecule has 3 rings (SSSR count). The van der Waals surface area contributed by atoms with Crippen molar-refractivity contribution in [2.24, 2.45) is 7.05 Å². The quantitative estimate of drug-likeness (QED) is 0.387. The van der Waals surface area contributed by atoms with Crippen molar-refractivity contribution >= 4 is 10.0 Å². The summed E-state index contributed by atoms with van der Waals surface area (Å²) in [4.78, 5) is 6.33. The summed E-state index contributed by atoms with van der Waals surface area (Å²) in [5.41, 5.74) is 2.53. The van der Waals surface area contributed by atoms with Crippen LogP contribution >= 0.6 is 0 Å². The van der Waals surface area contributed by atoms with Gasteiger partial charge in [-0.1, -0.05) is 56.3 Å². The van der Waals surface area contributed by atoms with E-state index in [2.05, 4.69) is 64.9 Å². The first kappa shape index (κ1) is 25.0. The molecule has 0 aliphatic heterocycles. The molecule has 0 fully saturated rings. The number of aromatic nitrogens is 2. The van der Waals surface area contributed by atoms with Gasteiger partial charge in [0.25, 0.3) is 10.0 Å². The number of hydrogen-bond donors (Lipinski definition) is 1. The average Bonchev–Trinajstić information content (AvgIpc) is 3.28. The first-order valence-electron chi connectivity index (χ1n) is 11.4. The van der Waals surface area contributed by atoms with Gasteiger partial charge in [0.15, 0.2) is 5.03 Å². The Hall–Kier alpha value is -2.68. The number of nitrogens with one attached hydrogen (secondary N) is 1. The highest BCUT2D eigenvalue weighted by Crippen LogP contribution is 2.26. The van der Waals surface area contributed by atoms with E-state index < -0.39 is 10.0 Å². The van der Waals surface area contributed by atoms with Gasteiger partial charge in [-0.2, -0.15) is 0 Å². The molecule has 1 unspecified atom stereocenters. The number of ether oxygens (including phenoxy) is 1.